The number of benzene rings is 1. The summed E-state index contributed by atoms with van der Waals surface area (Å²) < 4.78 is 16.4. The van der Waals surface area contributed by atoms with Gasteiger partial charge in [0.15, 0.2) is 0 Å². The molecule has 4 rings (SSSR count). The van der Waals surface area contributed by atoms with Gasteiger partial charge in [0.1, 0.15) is 17.1 Å². The van der Waals surface area contributed by atoms with Crippen LogP contribution in [0.1, 0.15) is 41.2 Å². The predicted molar refractivity (Wildman–Crippen MR) is 88.0 cm³/mol. The number of ether oxygens (including phenoxy) is 1. The summed E-state index contributed by atoms with van der Waals surface area (Å²) in [6.07, 6.45) is 1.89. The maximum absolute atomic E-state index is 11.2. The summed E-state index contributed by atoms with van der Waals surface area (Å²) >= 11 is 0. The molecular formula is C17H18N4O4. The van der Waals surface area contributed by atoms with E-state index in [1.165, 1.54) is 0 Å². The Morgan fingerprint density at radius 3 is 3.08 bits per heavy atom. The van der Waals surface area contributed by atoms with Crippen LogP contribution in [0.25, 0.3) is 11.0 Å². The molecule has 0 aliphatic carbocycles. The number of carbonyl (C=O) groups excluding carboxylic acids is 1. The first kappa shape index (κ1) is 15.6. The molecule has 1 atom stereocenters. The molecule has 0 spiro atoms. The number of primary amides is 1. The summed E-state index contributed by atoms with van der Waals surface area (Å²) in [5.41, 5.74) is 6.01. The first-order valence-corrected chi connectivity index (χ1v) is 8.08. The highest BCUT2D eigenvalue weighted by Gasteiger charge is 2.31. The SMILES string of the molecule is COc1ccc2oc(CN3CCC[C@H]3c3nc(C(N)=O)no3)cc2c1. The van der Waals surface area contributed by atoms with Crippen LogP contribution in [0.5, 0.6) is 5.75 Å². The molecule has 1 fully saturated rings. The Labute approximate surface area is 143 Å². The minimum atomic E-state index is -0.689. The Hall–Kier alpha value is -2.87. The monoisotopic (exact) mass is 342 g/mol. The number of hydrogen-bond donors (Lipinski definition) is 1. The third-order valence-electron chi connectivity index (χ3n) is 4.44. The summed E-state index contributed by atoms with van der Waals surface area (Å²) in [6.45, 7) is 1.51. The van der Waals surface area contributed by atoms with Gasteiger partial charge in [-0.3, -0.25) is 9.69 Å². The number of carbonyl (C=O) groups is 1. The van der Waals surface area contributed by atoms with Gasteiger partial charge in [-0.1, -0.05) is 5.16 Å². The van der Waals surface area contributed by atoms with Gasteiger partial charge >= 0.3 is 0 Å². The van der Waals surface area contributed by atoms with Crippen molar-refractivity contribution in [2.75, 3.05) is 13.7 Å². The van der Waals surface area contributed by atoms with Crippen LogP contribution in [0.2, 0.25) is 0 Å². The van der Waals surface area contributed by atoms with Crippen molar-refractivity contribution in [2.24, 2.45) is 5.73 Å². The average Bonchev–Trinajstić information content (AvgIpc) is 3.32. The van der Waals surface area contributed by atoms with Crippen molar-refractivity contribution < 1.29 is 18.5 Å². The fourth-order valence-corrected chi connectivity index (χ4v) is 3.25. The van der Waals surface area contributed by atoms with Crippen LogP contribution in [0.15, 0.2) is 33.2 Å². The lowest BCUT2D eigenvalue weighted by atomic mass is 10.2. The number of likely N-dealkylation sites (tertiary alicyclic amines) is 1. The molecule has 1 aliphatic rings. The number of aromatic nitrogens is 2. The highest BCUT2D eigenvalue weighted by Crippen LogP contribution is 2.33. The second kappa shape index (κ2) is 6.21. The molecule has 3 heterocycles. The molecule has 2 N–H and O–H groups in total. The third kappa shape index (κ3) is 2.96. The molecule has 8 heteroatoms. The Morgan fingerprint density at radius 1 is 1.44 bits per heavy atom. The van der Waals surface area contributed by atoms with E-state index >= 15 is 0 Å². The molecule has 1 aliphatic heterocycles. The molecule has 2 aromatic heterocycles. The molecule has 1 aromatic carbocycles. The van der Waals surface area contributed by atoms with E-state index in [0.717, 1.165) is 41.9 Å². The van der Waals surface area contributed by atoms with E-state index in [1.807, 2.05) is 24.3 Å². The van der Waals surface area contributed by atoms with Gasteiger partial charge in [-0.05, 0) is 43.7 Å². The van der Waals surface area contributed by atoms with Gasteiger partial charge < -0.3 is 19.4 Å². The van der Waals surface area contributed by atoms with Crippen molar-refractivity contribution in [1.82, 2.24) is 15.0 Å². The van der Waals surface area contributed by atoms with E-state index in [-0.39, 0.29) is 11.9 Å². The van der Waals surface area contributed by atoms with E-state index < -0.39 is 5.91 Å². The predicted octanol–water partition coefficient (Wildman–Crippen LogP) is 2.26. The number of nitrogens with two attached hydrogens (primary N) is 1. The van der Waals surface area contributed by atoms with Gasteiger partial charge in [-0.25, -0.2) is 0 Å². The lowest BCUT2D eigenvalue weighted by molar-refractivity contribution is 0.0987. The Morgan fingerprint density at radius 2 is 2.32 bits per heavy atom. The number of nitrogens with zero attached hydrogens (tertiary/aromatic N) is 3. The highest BCUT2D eigenvalue weighted by molar-refractivity contribution is 5.88. The van der Waals surface area contributed by atoms with Crippen LogP contribution in [-0.4, -0.2) is 34.6 Å². The number of methoxy groups -OCH3 is 1. The van der Waals surface area contributed by atoms with Crippen molar-refractivity contribution >= 4 is 16.9 Å². The van der Waals surface area contributed by atoms with Crippen LogP contribution in [0.3, 0.4) is 0 Å². The summed E-state index contributed by atoms with van der Waals surface area (Å²) in [7, 11) is 1.64. The third-order valence-corrected chi connectivity index (χ3v) is 4.44. The zero-order chi connectivity index (χ0) is 17.4. The van der Waals surface area contributed by atoms with Crippen molar-refractivity contribution in [3.05, 3.63) is 41.7 Å². The quantitative estimate of drug-likeness (QED) is 0.757. The molecule has 25 heavy (non-hydrogen) atoms. The van der Waals surface area contributed by atoms with Crippen molar-refractivity contribution in [2.45, 2.75) is 25.4 Å². The number of rotatable bonds is 5. The van der Waals surface area contributed by atoms with Crippen molar-refractivity contribution in [1.29, 1.82) is 0 Å². The first-order valence-electron chi connectivity index (χ1n) is 8.08. The molecule has 130 valence electrons. The molecule has 1 amide bonds. The van der Waals surface area contributed by atoms with Gasteiger partial charge in [-0.2, -0.15) is 4.98 Å². The van der Waals surface area contributed by atoms with Crippen LogP contribution in [-0.2, 0) is 6.54 Å². The summed E-state index contributed by atoms with van der Waals surface area (Å²) in [5, 5.41) is 4.63. The van der Waals surface area contributed by atoms with E-state index in [9.17, 15) is 4.79 Å². The fraction of sp³-hybridized carbons (Fsp3) is 0.353. The zero-order valence-electron chi connectivity index (χ0n) is 13.8. The number of hydrogen-bond acceptors (Lipinski definition) is 7. The van der Waals surface area contributed by atoms with Gasteiger partial charge in [0.25, 0.3) is 11.7 Å². The normalized spacial score (nSPS) is 18.0. The number of amides is 1. The molecule has 0 saturated carbocycles. The van der Waals surface area contributed by atoms with Gasteiger partial charge in [0.05, 0.1) is 19.7 Å². The van der Waals surface area contributed by atoms with Gasteiger partial charge in [-0.15, -0.1) is 0 Å². The van der Waals surface area contributed by atoms with Crippen molar-refractivity contribution in [3.63, 3.8) is 0 Å². The van der Waals surface area contributed by atoms with E-state index in [2.05, 4.69) is 15.0 Å². The summed E-state index contributed by atoms with van der Waals surface area (Å²) in [5.74, 6) is 1.29. The minimum Gasteiger partial charge on any atom is -0.497 e. The molecule has 1 saturated heterocycles. The molecule has 0 radical (unpaired) electrons. The number of fused-ring (bicyclic) bond motifs is 1. The first-order chi connectivity index (χ1) is 12.1. The molecule has 3 aromatic rings. The second-order valence-electron chi connectivity index (χ2n) is 6.07. The van der Waals surface area contributed by atoms with Crippen LogP contribution in [0, 0.1) is 0 Å². The van der Waals surface area contributed by atoms with Gasteiger partial charge in [0, 0.05) is 5.39 Å². The van der Waals surface area contributed by atoms with E-state index in [0.29, 0.717) is 12.4 Å². The molecule has 8 nitrogen and oxygen atoms in total. The Bertz CT molecular complexity index is 916. The largest absolute Gasteiger partial charge is 0.497 e. The van der Waals surface area contributed by atoms with Crippen LogP contribution in [0.4, 0.5) is 0 Å². The standard InChI is InChI=1S/C17H18N4O4/c1-23-11-4-5-14-10(7-11)8-12(24-14)9-21-6-2-3-13(21)17-19-16(15(18)22)20-25-17/h4-5,7-8,13H,2-3,6,9H2,1H3,(H2,18,22)/t13-/m0/s1. The number of furan rings is 1. The lowest BCUT2D eigenvalue weighted by Gasteiger charge is -2.19. The topological polar surface area (TPSA) is 108 Å². The Kier molecular flexibility index (Phi) is 3.89. The van der Waals surface area contributed by atoms with E-state index in [4.69, 9.17) is 19.4 Å². The second-order valence-corrected chi connectivity index (χ2v) is 6.07. The van der Waals surface area contributed by atoms with Crippen LogP contribution < -0.4 is 10.5 Å². The average molecular weight is 342 g/mol. The maximum Gasteiger partial charge on any atom is 0.290 e. The van der Waals surface area contributed by atoms with Crippen molar-refractivity contribution in [3.8, 4) is 5.75 Å². The molecule has 0 unspecified atom stereocenters. The molecule has 0 bridgehead atoms. The van der Waals surface area contributed by atoms with E-state index in [1.54, 1.807) is 7.11 Å². The van der Waals surface area contributed by atoms with Gasteiger partial charge in [0.2, 0.25) is 5.89 Å². The minimum absolute atomic E-state index is 0.0386. The Balaban J connectivity index is 1.55. The lowest BCUT2D eigenvalue weighted by Crippen LogP contribution is -2.23. The summed E-state index contributed by atoms with van der Waals surface area (Å²) in [4.78, 5) is 17.5. The molecular weight excluding hydrogens is 324 g/mol. The smallest absolute Gasteiger partial charge is 0.290 e. The maximum atomic E-state index is 11.2. The highest BCUT2D eigenvalue weighted by atomic mass is 16.5. The van der Waals surface area contributed by atoms with Crippen LogP contribution >= 0.6 is 0 Å². The fourth-order valence-electron chi connectivity index (χ4n) is 3.25. The zero-order valence-corrected chi connectivity index (χ0v) is 13.8. The summed E-state index contributed by atoms with van der Waals surface area (Å²) in [6, 6.07) is 7.69.